The van der Waals surface area contributed by atoms with Crippen LogP contribution in [0.1, 0.15) is 27.0 Å². The Labute approximate surface area is 133 Å². The molecule has 0 saturated heterocycles. The smallest absolute Gasteiger partial charge is 0.335 e. The van der Waals surface area contributed by atoms with Gasteiger partial charge in [0.2, 0.25) is 0 Å². The standard InChI is InChI=1S/C17H16N4O2/c1-11-3-6-15(9-12(11)2)16-18-19-20-21(16)10-13-4-7-14(8-5-13)17(22)23/h3-9H,10H2,1-2H3,(H,22,23). The van der Waals surface area contributed by atoms with Gasteiger partial charge in [-0.2, -0.15) is 0 Å². The van der Waals surface area contributed by atoms with Crippen LogP contribution >= 0.6 is 0 Å². The number of carbonyl (C=O) groups is 1. The SMILES string of the molecule is Cc1ccc(-c2nnnn2Cc2ccc(C(=O)O)cc2)cc1C. The molecule has 0 aliphatic carbocycles. The van der Waals surface area contributed by atoms with E-state index in [9.17, 15) is 4.79 Å². The molecule has 1 aromatic heterocycles. The maximum atomic E-state index is 10.9. The van der Waals surface area contributed by atoms with Crippen molar-refractivity contribution in [1.29, 1.82) is 0 Å². The fourth-order valence-corrected chi connectivity index (χ4v) is 2.32. The molecule has 0 saturated carbocycles. The molecule has 0 fully saturated rings. The lowest BCUT2D eigenvalue weighted by Crippen LogP contribution is -2.05. The summed E-state index contributed by atoms with van der Waals surface area (Å²) in [4.78, 5) is 10.9. The summed E-state index contributed by atoms with van der Waals surface area (Å²) < 4.78 is 1.71. The molecular weight excluding hydrogens is 292 g/mol. The topological polar surface area (TPSA) is 80.9 Å². The van der Waals surface area contributed by atoms with Crippen LogP contribution in [-0.2, 0) is 6.54 Å². The maximum Gasteiger partial charge on any atom is 0.335 e. The third-order valence-corrected chi connectivity index (χ3v) is 3.83. The maximum absolute atomic E-state index is 10.9. The van der Waals surface area contributed by atoms with Gasteiger partial charge in [0.05, 0.1) is 12.1 Å². The van der Waals surface area contributed by atoms with E-state index in [2.05, 4.69) is 35.4 Å². The van der Waals surface area contributed by atoms with Crippen molar-refractivity contribution in [3.05, 3.63) is 64.7 Å². The Bertz CT molecular complexity index is 853. The van der Waals surface area contributed by atoms with Crippen LogP contribution in [0.4, 0.5) is 0 Å². The Morgan fingerprint density at radius 2 is 1.83 bits per heavy atom. The molecule has 0 aliphatic rings. The van der Waals surface area contributed by atoms with Crippen molar-refractivity contribution in [3.63, 3.8) is 0 Å². The van der Waals surface area contributed by atoms with Crippen LogP contribution in [0.3, 0.4) is 0 Å². The molecule has 23 heavy (non-hydrogen) atoms. The van der Waals surface area contributed by atoms with Crippen molar-refractivity contribution in [3.8, 4) is 11.4 Å². The van der Waals surface area contributed by atoms with Crippen LogP contribution in [0, 0.1) is 13.8 Å². The van der Waals surface area contributed by atoms with E-state index in [1.54, 1.807) is 28.9 Å². The Morgan fingerprint density at radius 3 is 2.48 bits per heavy atom. The summed E-state index contributed by atoms with van der Waals surface area (Å²) in [5.41, 5.74) is 4.56. The second kappa shape index (κ2) is 6.00. The number of nitrogens with zero attached hydrogens (tertiary/aromatic N) is 4. The summed E-state index contributed by atoms with van der Waals surface area (Å²) in [5, 5.41) is 20.8. The van der Waals surface area contributed by atoms with Crippen molar-refractivity contribution in [2.75, 3.05) is 0 Å². The van der Waals surface area contributed by atoms with Crippen LogP contribution in [0.2, 0.25) is 0 Å². The third kappa shape index (κ3) is 3.11. The summed E-state index contributed by atoms with van der Waals surface area (Å²) in [6, 6.07) is 12.8. The summed E-state index contributed by atoms with van der Waals surface area (Å²) in [7, 11) is 0. The van der Waals surface area contributed by atoms with E-state index in [0.717, 1.165) is 11.1 Å². The number of aromatic nitrogens is 4. The number of aryl methyl sites for hydroxylation is 2. The summed E-state index contributed by atoms with van der Waals surface area (Å²) in [6.07, 6.45) is 0. The van der Waals surface area contributed by atoms with E-state index in [1.165, 1.54) is 11.1 Å². The average Bonchev–Trinajstić information content (AvgIpc) is 2.99. The van der Waals surface area contributed by atoms with Gasteiger partial charge in [0.15, 0.2) is 5.82 Å². The van der Waals surface area contributed by atoms with E-state index in [4.69, 9.17) is 5.11 Å². The average molecular weight is 308 g/mol. The summed E-state index contributed by atoms with van der Waals surface area (Å²) in [6.45, 7) is 4.60. The lowest BCUT2D eigenvalue weighted by atomic mass is 10.1. The zero-order chi connectivity index (χ0) is 16.4. The number of aromatic carboxylic acids is 1. The molecule has 0 spiro atoms. The molecular formula is C17H16N4O2. The highest BCUT2D eigenvalue weighted by molar-refractivity contribution is 5.87. The number of hydrogen-bond acceptors (Lipinski definition) is 4. The first-order valence-corrected chi connectivity index (χ1v) is 7.20. The molecule has 0 radical (unpaired) electrons. The number of carboxylic acid groups (broad SMARTS) is 1. The zero-order valence-corrected chi connectivity index (χ0v) is 12.9. The van der Waals surface area contributed by atoms with Crippen molar-refractivity contribution in [2.45, 2.75) is 20.4 Å². The zero-order valence-electron chi connectivity index (χ0n) is 12.9. The van der Waals surface area contributed by atoms with Crippen molar-refractivity contribution < 1.29 is 9.90 Å². The van der Waals surface area contributed by atoms with Crippen molar-refractivity contribution >= 4 is 5.97 Å². The van der Waals surface area contributed by atoms with Gasteiger partial charge in [-0.25, -0.2) is 9.48 Å². The molecule has 2 aromatic carbocycles. The molecule has 3 rings (SSSR count). The van der Waals surface area contributed by atoms with Gasteiger partial charge in [-0.05, 0) is 59.2 Å². The molecule has 6 heteroatoms. The largest absolute Gasteiger partial charge is 0.478 e. The van der Waals surface area contributed by atoms with Gasteiger partial charge in [0.1, 0.15) is 0 Å². The minimum Gasteiger partial charge on any atom is -0.478 e. The summed E-state index contributed by atoms with van der Waals surface area (Å²) in [5.74, 6) is -0.245. The van der Waals surface area contributed by atoms with Crippen LogP contribution in [-0.4, -0.2) is 31.3 Å². The van der Waals surface area contributed by atoms with Gasteiger partial charge in [-0.15, -0.1) is 5.10 Å². The predicted molar refractivity (Wildman–Crippen MR) is 85.2 cm³/mol. The van der Waals surface area contributed by atoms with Gasteiger partial charge in [0, 0.05) is 5.56 Å². The highest BCUT2D eigenvalue weighted by Crippen LogP contribution is 2.20. The molecule has 6 nitrogen and oxygen atoms in total. The summed E-state index contributed by atoms with van der Waals surface area (Å²) >= 11 is 0. The number of rotatable bonds is 4. The molecule has 0 unspecified atom stereocenters. The van der Waals surface area contributed by atoms with E-state index in [1.807, 2.05) is 12.1 Å². The number of carboxylic acids is 1. The van der Waals surface area contributed by atoms with Gasteiger partial charge >= 0.3 is 5.97 Å². The van der Waals surface area contributed by atoms with Crippen LogP contribution in [0.25, 0.3) is 11.4 Å². The second-order valence-electron chi connectivity index (χ2n) is 5.46. The number of hydrogen-bond donors (Lipinski definition) is 1. The van der Waals surface area contributed by atoms with E-state index in [-0.39, 0.29) is 5.56 Å². The number of tetrazole rings is 1. The monoisotopic (exact) mass is 308 g/mol. The van der Waals surface area contributed by atoms with Crippen LogP contribution in [0.5, 0.6) is 0 Å². The lowest BCUT2D eigenvalue weighted by molar-refractivity contribution is 0.0697. The predicted octanol–water partition coefficient (Wildman–Crippen LogP) is 2.70. The Balaban J connectivity index is 1.88. The van der Waals surface area contributed by atoms with Gasteiger partial charge in [-0.3, -0.25) is 0 Å². The molecule has 3 aromatic rings. The highest BCUT2D eigenvalue weighted by Gasteiger charge is 2.10. The van der Waals surface area contributed by atoms with Crippen molar-refractivity contribution in [1.82, 2.24) is 20.2 Å². The van der Waals surface area contributed by atoms with E-state index < -0.39 is 5.97 Å². The fraction of sp³-hybridized carbons (Fsp3) is 0.176. The lowest BCUT2D eigenvalue weighted by Gasteiger charge is -2.07. The Hall–Kier alpha value is -3.02. The first-order chi connectivity index (χ1) is 11.0. The molecule has 0 bridgehead atoms. The van der Waals surface area contributed by atoms with Gasteiger partial charge < -0.3 is 5.11 Å². The number of benzene rings is 2. The van der Waals surface area contributed by atoms with E-state index >= 15 is 0 Å². The Morgan fingerprint density at radius 1 is 1.09 bits per heavy atom. The first kappa shape index (κ1) is 14.9. The normalized spacial score (nSPS) is 10.7. The van der Waals surface area contributed by atoms with Crippen LogP contribution < -0.4 is 0 Å². The van der Waals surface area contributed by atoms with Crippen LogP contribution in [0.15, 0.2) is 42.5 Å². The first-order valence-electron chi connectivity index (χ1n) is 7.20. The third-order valence-electron chi connectivity index (χ3n) is 3.83. The minimum atomic E-state index is -0.935. The quantitative estimate of drug-likeness (QED) is 0.801. The molecule has 116 valence electrons. The molecule has 1 heterocycles. The molecule has 0 aliphatic heterocycles. The van der Waals surface area contributed by atoms with E-state index in [0.29, 0.717) is 12.4 Å². The van der Waals surface area contributed by atoms with Gasteiger partial charge in [0.25, 0.3) is 0 Å². The fourth-order valence-electron chi connectivity index (χ4n) is 2.32. The Kier molecular flexibility index (Phi) is 3.89. The van der Waals surface area contributed by atoms with Gasteiger partial charge in [-0.1, -0.05) is 24.3 Å². The highest BCUT2D eigenvalue weighted by atomic mass is 16.4. The van der Waals surface area contributed by atoms with Crippen molar-refractivity contribution in [2.24, 2.45) is 0 Å². The molecule has 0 atom stereocenters. The molecule has 1 N–H and O–H groups in total. The minimum absolute atomic E-state index is 0.264. The second-order valence-corrected chi connectivity index (χ2v) is 5.46. The molecule has 0 amide bonds.